The van der Waals surface area contributed by atoms with Gasteiger partial charge in [-0.05, 0) is 31.5 Å². The fourth-order valence-electron chi connectivity index (χ4n) is 1.25. The van der Waals surface area contributed by atoms with Crippen LogP contribution in [0.4, 0.5) is 5.69 Å². The van der Waals surface area contributed by atoms with Crippen LogP contribution in [0.15, 0.2) is 18.2 Å². The number of carbonyl (C=O) groups is 1. The van der Waals surface area contributed by atoms with Crippen LogP contribution in [0.25, 0.3) is 0 Å². The van der Waals surface area contributed by atoms with Crippen molar-refractivity contribution in [3.05, 3.63) is 28.8 Å². The maximum absolute atomic E-state index is 11.9. The number of amides is 1. The zero-order valence-electron chi connectivity index (χ0n) is 9.96. The van der Waals surface area contributed by atoms with E-state index in [4.69, 9.17) is 17.3 Å². The summed E-state index contributed by atoms with van der Waals surface area (Å²) in [5.41, 5.74) is 5.81. The first-order valence-corrected chi connectivity index (χ1v) is 5.78. The molecule has 0 aliphatic heterocycles. The SMILES string of the molecule is CCC(C)(CO)NC(=O)c1ccc(N)c(Cl)c1. The number of benzene rings is 1. The van der Waals surface area contributed by atoms with E-state index in [1.807, 2.05) is 6.92 Å². The van der Waals surface area contributed by atoms with E-state index in [-0.39, 0.29) is 12.5 Å². The molecule has 0 heterocycles. The number of hydrogen-bond acceptors (Lipinski definition) is 3. The van der Waals surface area contributed by atoms with Gasteiger partial charge in [-0.25, -0.2) is 0 Å². The third kappa shape index (κ3) is 3.35. The summed E-state index contributed by atoms with van der Waals surface area (Å²) in [4.78, 5) is 11.9. The molecular formula is C12H17ClN2O2. The molecule has 17 heavy (non-hydrogen) atoms. The summed E-state index contributed by atoms with van der Waals surface area (Å²) in [6.07, 6.45) is 0.637. The number of halogens is 1. The number of rotatable bonds is 4. The summed E-state index contributed by atoms with van der Waals surface area (Å²) in [6.45, 7) is 3.56. The fraction of sp³-hybridized carbons (Fsp3) is 0.417. The van der Waals surface area contributed by atoms with Crippen LogP contribution in [0, 0.1) is 0 Å². The van der Waals surface area contributed by atoms with Crippen LogP contribution in [-0.4, -0.2) is 23.2 Å². The fourth-order valence-corrected chi connectivity index (χ4v) is 1.43. The number of aliphatic hydroxyl groups is 1. The minimum Gasteiger partial charge on any atom is -0.398 e. The van der Waals surface area contributed by atoms with E-state index in [1.54, 1.807) is 19.1 Å². The quantitative estimate of drug-likeness (QED) is 0.720. The van der Waals surface area contributed by atoms with Gasteiger partial charge in [0.15, 0.2) is 0 Å². The highest BCUT2D eigenvalue weighted by molar-refractivity contribution is 6.33. The van der Waals surface area contributed by atoms with Crippen molar-refractivity contribution in [3.8, 4) is 0 Å². The Labute approximate surface area is 106 Å². The smallest absolute Gasteiger partial charge is 0.251 e. The largest absolute Gasteiger partial charge is 0.398 e. The first kappa shape index (κ1) is 13.8. The van der Waals surface area contributed by atoms with Crippen LogP contribution < -0.4 is 11.1 Å². The molecule has 1 rings (SSSR count). The Balaban J connectivity index is 2.86. The molecule has 0 radical (unpaired) electrons. The van der Waals surface area contributed by atoms with Crippen molar-refractivity contribution in [2.75, 3.05) is 12.3 Å². The van der Waals surface area contributed by atoms with Crippen LogP contribution in [0.1, 0.15) is 30.6 Å². The van der Waals surface area contributed by atoms with Gasteiger partial charge in [0.05, 0.1) is 22.9 Å². The normalized spacial score (nSPS) is 14.1. The zero-order chi connectivity index (χ0) is 13.1. The molecule has 1 atom stereocenters. The van der Waals surface area contributed by atoms with Crippen LogP contribution in [0.5, 0.6) is 0 Å². The molecular weight excluding hydrogens is 240 g/mol. The van der Waals surface area contributed by atoms with Crippen molar-refractivity contribution in [1.29, 1.82) is 0 Å². The van der Waals surface area contributed by atoms with Crippen LogP contribution in [0.2, 0.25) is 5.02 Å². The molecule has 94 valence electrons. The molecule has 4 nitrogen and oxygen atoms in total. The van der Waals surface area contributed by atoms with E-state index in [0.717, 1.165) is 0 Å². The predicted octanol–water partition coefficient (Wildman–Crippen LogP) is 1.81. The number of anilines is 1. The molecule has 0 bridgehead atoms. The number of nitrogens with two attached hydrogens (primary N) is 1. The number of hydrogen-bond donors (Lipinski definition) is 3. The van der Waals surface area contributed by atoms with Crippen molar-refractivity contribution >= 4 is 23.2 Å². The Bertz CT molecular complexity index is 417. The van der Waals surface area contributed by atoms with Gasteiger partial charge in [0, 0.05) is 5.56 Å². The lowest BCUT2D eigenvalue weighted by atomic mass is 9.99. The first-order valence-electron chi connectivity index (χ1n) is 5.40. The van der Waals surface area contributed by atoms with Gasteiger partial charge < -0.3 is 16.2 Å². The van der Waals surface area contributed by atoms with E-state index >= 15 is 0 Å². The first-order chi connectivity index (χ1) is 7.91. The Kier molecular flexibility index (Phi) is 4.37. The van der Waals surface area contributed by atoms with E-state index in [9.17, 15) is 9.90 Å². The molecule has 1 unspecified atom stereocenters. The summed E-state index contributed by atoms with van der Waals surface area (Å²) < 4.78 is 0. The molecule has 0 aliphatic carbocycles. The second-order valence-electron chi connectivity index (χ2n) is 4.26. The summed E-state index contributed by atoms with van der Waals surface area (Å²) in [7, 11) is 0. The van der Waals surface area contributed by atoms with Gasteiger partial charge in [-0.2, -0.15) is 0 Å². The van der Waals surface area contributed by atoms with E-state index in [1.165, 1.54) is 6.07 Å². The number of nitrogen functional groups attached to an aromatic ring is 1. The lowest BCUT2D eigenvalue weighted by Crippen LogP contribution is -2.48. The summed E-state index contributed by atoms with van der Waals surface area (Å²) >= 11 is 5.84. The van der Waals surface area contributed by atoms with Crippen LogP contribution in [0.3, 0.4) is 0 Å². The third-order valence-corrected chi connectivity index (χ3v) is 3.13. The van der Waals surface area contributed by atoms with Crippen molar-refractivity contribution in [2.24, 2.45) is 0 Å². The Morgan fingerprint density at radius 1 is 1.59 bits per heavy atom. The van der Waals surface area contributed by atoms with Crippen molar-refractivity contribution < 1.29 is 9.90 Å². The standard InChI is InChI=1S/C12H17ClN2O2/c1-3-12(2,7-16)15-11(17)8-4-5-10(14)9(13)6-8/h4-6,16H,3,7,14H2,1-2H3,(H,15,17). The average molecular weight is 257 g/mol. The zero-order valence-corrected chi connectivity index (χ0v) is 10.7. The molecule has 0 spiro atoms. The maximum atomic E-state index is 11.9. The third-order valence-electron chi connectivity index (χ3n) is 2.81. The molecule has 0 aromatic heterocycles. The van der Waals surface area contributed by atoms with Gasteiger partial charge in [0.1, 0.15) is 0 Å². The van der Waals surface area contributed by atoms with Crippen molar-refractivity contribution in [1.82, 2.24) is 5.32 Å². The summed E-state index contributed by atoms with van der Waals surface area (Å²) in [5.74, 6) is -0.273. The number of nitrogens with one attached hydrogen (secondary N) is 1. The minimum absolute atomic E-state index is 0.113. The summed E-state index contributed by atoms with van der Waals surface area (Å²) in [6, 6.07) is 4.70. The highest BCUT2D eigenvalue weighted by Crippen LogP contribution is 2.20. The van der Waals surface area contributed by atoms with Gasteiger partial charge in [-0.15, -0.1) is 0 Å². The molecule has 0 aliphatic rings. The van der Waals surface area contributed by atoms with Gasteiger partial charge in [-0.1, -0.05) is 18.5 Å². The molecule has 1 aromatic rings. The van der Waals surface area contributed by atoms with Crippen LogP contribution >= 0.6 is 11.6 Å². The average Bonchev–Trinajstić information content (AvgIpc) is 2.32. The molecule has 1 aromatic carbocycles. The lowest BCUT2D eigenvalue weighted by Gasteiger charge is -2.27. The predicted molar refractivity (Wildman–Crippen MR) is 69.1 cm³/mol. The van der Waals surface area contributed by atoms with Gasteiger partial charge >= 0.3 is 0 Å². The molecule has 0 fully saturated rings. The van der Waals surface area contributed by atoms with Crippen LogP contribution in [-0.2, 0) is 0 Å². The number of carbonyl (C=O) groups excluding carboxylic acids is 1. The molecule has 1 amide bonds. The van der Waals surface area contributed by atoms with Gasteiger partial charge in [0.25, 0.3) is 5.91 Å². The lowest BCUT2D eigenvalue weighted by molar-refractivity contribution is 0.0847. The van der Waals surface area contributed by atoms with Gasteiger partial charge in [-0.3, -0.25) is 4.79 Å². The topological polar surface area (TPSA) is 75.3 Å². The van der Waals surface area contributed by atoms with Crippen molar-refractivity contribution in [3.63, 3.8) is 0 Å². The Morgan fingerprint density at radius 2 is 2.24 bits per heavy atom. The highest BCUT2D eigenvalue weighted by Gasteiger charge is 2.23. The Morgan fingerprint density at radius 3 is 2.71 bits per heavy atom. The Hall–Kier alpha value is -1.26. The molecule has 4 N–H and O–H groups in total. The van der Waals surface area contributed by atoms with E-state index in [2.05, 4.69) is 5.32 Å². The highest BCUT2D eigenvalue weighted by atomic mass is 35.5. The molecule has 0 saturated carbocycles. The number of aliphatic hydroxyl groups excluding tert-OH is 1. The summed E-state index contributed by atoms with van der Waals surface area (Å²) in [5, 5.41) is 12.3. The monoisotopic (exact) mass is 256 g/mol. The van der Waals surface area contributed by atoms with Crippen molar-refractivity contribution in [2.45, 2.75) is 25.8 Å². The van der Waals surface area contributed by atoms with E-state index < -0.39 is 5.54 Å². The maximum Gasteiger partial charge on any atom is 0.251 e. The second kappa shape index (κ2) is 5.38. The van der Waals surface area contributed by atoms with E-state index in [0.29, 0.717) is 22.7 Å². The molecule has 5 heteroatoms. The second-order valence-corrected chi connectivity index (χ2v) is 4.67. The van der Waals surface area contributed by atoms with Gasteiger partial charge in [0.2, 0.25) is 0 Å². The minimum atomic E-state index is -0.620. The molecule has 0 saturated heterocycles.